The Balaban J connectivity index is 2.35. The van der Waals surface area contributed by atoms with E-state index in [2.05, 4.69) is 19.7 Å². The van der Waals surface area contributed by atoms with Gasteiger partial charge in [0.2, 0.25) is 0 Å². The van der Waals surface area contributed by atoms with E-state index in [1.165, 1.54) is 11.1 Å². The van der Waals surface area contributed by atoms with Gasteiger partial charge >= 0.3 is 0 Å². The summed E-state index contributed by atoms with van der Waals surface area (Å²) in [6, 6.07) is 0. The van der Waals surface area contributed by atoms with Gasteiger partial charge in [-0.05, 0) is 37.2 Å². The van der Waals surface area contributed by atoms with Crippen LogP contribution in [0.1, 0.15) is 25.7 Å². The van der Waals surface area contributed by atoms with Crippen molar-refractivity contribution in [2.75, 3.05) is 7.11 Å². The second-order valence-electron chi connectivity index (χ2n) is 5.53. The molecule has 2 aliphatic carbocycles. The van der Waals surface area contributed by atoms with Crippen molar-refractivity contribution in [3.63, 3.8) is 0 Å². The van der Waals surface area contributed by atoms with Crippen LogP contribution in [0.25, 0.3) is 0 Å². The molecule has 0 N–H and O–H groups in total. The van der Waals surface area contributed by atoms with Crippen molar-refractivity contribution in [3.8, 4) is 0 Å². The van der Waals surface area contributed by atoms with Crippen LogP contribution in [-0.2, 0) is 9.53 Å². The molecule has 2 saturated carbocycles. The molecule has 2 fully saturated rings. The molecular weight excluding hydrogens is 224 g/mol. The van der Waals surface area contributed by atoms with E-state index in [0.29, 0.717) is 17.4 Å². The predicted molar refractivity (Wildman–Crippen MR) is 73.2 cm³/mol. The molecule has 2 aliphatic rings. The van der Waals surface area contributed by atoms with Crippen molar-refractivity contribution in [1.29, 1.82) is 0 Å². The molecule has 0 heterocycles. The number of carbonyl (C=O) groups is 1. The van der Waals surface area contributed by atoms with Crippen molar-refractivity contribution < 1.29 is 9.53 Å². The van der Waals surface area contributed by atoms with Crippen LogP contribution in [0.4, 0.5) is 0 Å². The summed E-state index contributed by atoms with van der Waals surface area (Å²) >= 11 is 0. The Morgan fingerprint density at radius 3 is 2.56 bits per heavy atom. The Bertz CT molecular complexity index is 394. The number of rotatable bonds is 3. The number of hydrogen-bond acceptors (Lipinski definition) is 2. The average molecular weight is 246 g/mol. The maximum Gasteiger partial charge on any atom is 0.145 e. The first-order valence-corrected chi connectivity index (χ1v) is 6.62. The van der Waals surface area contributed by atoms with Gasteiger partial charge in [0.25, 0.3) is 0 Å². The van der Waals surface area contributed by atoms with Gasteiger partial charge in [-0.2, -0.15) is 0 Å². The molecule has 4 atom stereocenters. The fraction of sp³-hybridized carbons (Fsp3) is 0.562. The minimum Gasteiger partial charge on any atom is -0.380 e. The minimum absolute atomic E-state index is 0.0296. The molecule has 2 rings (SSSR count). The fourth-order valence-corrected chi connectivity index (χ4v) is 3.63. The second kappa shape index (κ2) is 5.23. The van der Waals surface area contributed by atoms with Crippen LogP contribution in [0.15, 0.2) is 36.5 Å². The van der Waals surface area contributed by atoms with Crippen LogP contribution >= 0.6 is 0 Å². The Labute approximate surface area is 109 Å². The number of ether oxygens (including phenoxy) is 1. The highest BCUT2D eigenvalue weighted by atomic mass is 16.5. The molecule has 2 nitrogen and oxygen atoms in total. The maximum absolute atomic E-state index is 11.0. The van der Waals surface area contributed by atoms with Crippen LogP contribution in [0.5, 0.6) is 0 Å². The number of aldehydes is 1. The Kier molecular flexibility index (Phi) is 3.86. The van der Waals surface area contributed by atoms with Crippen LogP contribution in [0.2, 0.25) is 0 Å². The first-order chi connectivity index (χ1) is 8.60. The van der Waals surface area contributed by atoms with Gasteiger partial charge in [-0.25, -0.2) is 0 Å². The minimum atomic E-state index is 0.0296. The summed E-state index contributed by atoms with van der Waals surface area (Å²) in [7, 11) is 1.73. The van der Waals surface area contributed by atoms with E-state index in [1.807, 2.05) is 0 Å². The van der Waals surface area contributed by atoms with Gasteiger partial charge in [0.1, 0.15) is 6.29 Å². The van der Waals surface area contributed by atoms with Gasteiger partial charge in [0.05, 0.1) is 6.10 Å². The zero-order chi connectivity index (χ0) is 13.3. The molecule has 0 aromatic heterocycles. The lowest BCUT2D eigenvalue weighted by molar-refractivity contribution is -0.106. The molecule has 98 valence electrons. The van der Waals surface area contributed by atoms with Gasteiger partial charge in [0.15, 0.2) is 0 Å². The lowest BCUT2D eigenvalue weighted by Gasteiger charge is -2.31. The summed E-state index contributed by atoms with van der Waals surface area (Å²) < 4.78 is 5.72. The van der Waals surface area contributed by atoms with E-state index in [4.69, 9.17) is 4.74 Å². The highest BCUT2D eigenvalue weighted by Gasteiger charge is 2.44. The largest absolute Gasteiger partial charge is 0.380 e. The molecular formula is C16H22O2. The zero-order valence-corrected chi connectivity index (χ0v) is 11.2. The Morgan fingerprint density at radius 2 is 1.94 bits per heavy atom. The summed E-state index contributed by atoms with van der Waals surface area (Å²) in [5.74, 6) is 0.896. The number of allylic oxidation sites excluding steroid dienone is 1. The first kappa shape index (κ1) is 13.3. The quantitative estimate of drug-likeness (QED) is 0.434. The molecule has 1 unspecified atom stereocenters. The fourth-order valence-electron chi connectivity index (χ4n) is 3.63. The van der Waals surface area contributed by atoms with Crippen LogP contribution in [0, 0.1) is 17.8 Å². The summed E-state index contributed by atoms with van der Waals surface area (Å²) in [5, 5.41) is 0. The number of methoxy groups -OCH3 is 1. The lowest BCUT2D eigenvalue weighted by Crippen LogP contribution is -2.33. The molecule has 0 aromatic carbocycles. The highest BCUT2D eigenvalue weighted by Crippen LogP contribution is 2.49. The SMILES string of the molecule is C=C1CC[C@H]2C(=C)CC[C@@H](C(=C)C=O)[C@H](OC)C12. The van der Waals surface area contributed by atoms with E-state index in [-0.39, 0.29) is 12.0 Å². The summed E-state index contributed by atoms with van der Waals surface area (Å²) in [5.41, 5.74) is 3.19. The maximum atomic E-state index is 11.0. The molecule has 0 aliphatic heterocycles. The normalized spacial score (nSPS) is 36.1. The van der Waals surface area contributed by atoms with Crippen molar-refractivity contribution in [2.24, 2.45) is 17.8 Å². The molecule has 2 heteroatoms. The predicted octanol–water partition coefficient (Wildman–Crippen LogP) is 3.31. The van der Waals surface area contributed by atoms with E-state index in [1.54, 1.807) is 7.11 Å². The van der Waals surface area contributed by atoms with Crippen molar-refractivity contribution in [3.05, 3.63) is 36.5 Å². The molecule has 0 amide bonds. The third-order valence-electron chi connectivity index (χ3n) is 4.63. The zero-order valence-electron chi connectivity index (χ0n) is 11.2. The molecule has 0 aromatic rings. The Morgan fingerprint density at radius 1 is 1.28 bits per heavy atom. The standard InChI is InChI=1S/C16H22O2/c1-10-5-8-14(12(3)9-17)16(18-4)15-11(2)6-7-13(10)15/h9,13-16H,1-3,5-8H2,4H3/t13-,14-,15?,16-/m0/s1. The van der Waals surface area contributed by atoms with E-state index >= 15 is 0 Å². The van der Waals surface area contributed by atoms with Crippen LogP contribution in [-0.4, -0.2) is 19.5 Å². The van der Waals surface area contributed by atoms with Crippen LogP contribution < -0.4 is 0 Å². The highest BCUT2D eigenvalue weighted by molar-refractivity contribution is 5.73. The summed E-state index contributed by atoms with van der Waals surface area (Å²) in [6.45, 7) is 12.3. The average Bonchev–Trinajstić information content (AvgIpc) is 2.68. The topological polar surface area (TPSA) is 26.3 Å². The lowest BCUT2D eigenvalue weighted by atomic mass is 9.80. The molecule has 0 bridgehead atoms. The smallest absolute Gasteiger partial charge is 0.145 e. The third kappa shape index (κ3) is 2.10. The van der Waals surface area contributed by atoms with Gasteiger partial charge in [-0.3, -0.25) is 4.79 Å². The molecule has 0 radical (unpaired) electrons. The van der Waals surface area contributed by atoms with E-state index < -0.39 is 0 Å². The number of hydrogen-bond donors (Lipinski definition) is 0. The van der Waals surface area contributed by atoms with Crippen molar-refractivity contribution in [1.82, 2.24) is 0 Å². The number of carbonyl (C=O) groups excluding carboxylic acids is 1. The van der Waals surface area contributed by atoms with Gasteiger partial charge < -0.3 is 4.74 Å². The molecule has 0 saturated heterocycles. The molecule has 0 spiro atoms. The van der Waals surface area contributed by atoms with Crippen LogP contribution in [0.3, 0.4) is 0 Å². The summed E-state index contributed by atoms with van der Waals surface area (Å²) in [6.07, 6.45) is 4.96. The third-order valence-corrected chi connectivity index (χ3v) is 4.63. The first-order valence-electron chi connectivity index (χ1n) is 6.62. The summed E-state index contributed by atoms with van der Waals surface area (Å²) in [4.78, 5) is 11.0. The number of fused-ring (bicyclic) bond motifs is 1. The Hall–Kier alpha value is -1.15. The van der Waals surface area contributed by atoms with Gasteiger partial charge in [-0.15, -0.1) is 0 Å². The van der Waals surface area contributed by atoms with E-state index in [0.717, 1.165) is 32.0 Å². The van der Waals surface area contributed by atoms with Gasteiger partial charge in [-0.1, -0.05) is 30.9 Å². The van der Waals surface area contributed by atoms with Gasteiger partial charge in [0, 0.05) is 18.9 Å². The monoisotopic (exact) mass is 246 g/mol. The van der Waals surface area contributed by atoms with Crippen molar-refractivity contribution in [2.45, 2.75) is 31.8 Å². The van der Waals surface area contributed by atoms with Crippen molar-refractivity contribution >= 4 is 6.29 Å². The second-order valence-corrected chi connectivity index (χ2v) is 5.53. The van der Waals surface area contributed by atoms with E-state index in [9.17, 15) is 4.79 Å². The molecule has 18 heavy (non-hydrogen) atoms.